The van der Waals surface area contributed by atoms with Crippen LogP contribution in [-0.4, -0.2) is 147 Å². The zero-order valence-corrected chi connectivity index (χ0v) is 42.6. The number of nitrogens with two attached hydrogens (primary N) is 2. The highest BCUT2D eigenvalue weighted by molar-refractivity contribution is 5.99. The molecule has 1 aliphatic heterocycles. The van der Waals surface area contributed by atoms with Crippen LogP contribution in [0.4, 0.5) is 0 Å². The lowest BCUT2D eigenvalue weighted by Gasteiger charge is -2.28. The Kier molecular flexibility index (Phi) is 22.7. The van der Waals surface area contributed by atoms with Crippen molar-refractivity contribution in [3.05, 3.63) is 90.1 Å². The maximum absolute atomic E-state index is 14.7. The second-order valence-corrected chi connectivity index (χ2v) is 18.5. The van der Waals surface area contributed by atoms with Crippen LogP contribution in [0.25, 0.3) is 10.9 Å². The molecular formula is C50H69N17O10. The second kappa shape index (κ2) is 29.7. The van der Waals surface area contributed by atoms with Gasteiger partial charge in [0.15, 0.2) is 11.9 Å². The van der Waals surface area contributed by atoms with Crippen LogP contribution in [0.5, 0.6) is 0 Å². The number of aromatic nitrogens is 3. The van der Waals surface area contributed by atoms with Crippen LogP contribution in [0.1, 0.15) is 75.1 Å². The summed E-state index contributed by atoms with van der Waals surface area (Å²) in [7, 11) is 0. The number of fused-ring (bicyclic) bond motifs is 1. The van der Waals surface area contributed by atoms with E-state index in [1.165, 1.54) is 19.4 Å². The van der Waals surface area contributed by atoms with Crippen LogP contribution >= 0.6 is 0 Å². The molecule has 3 heterocycles. The molecule has 4 aromatic rings. The second-order valence-electron chi connectivity index (χ2n) is 18.5. The van der Waals surface area contributed by atoms with Gasteiger partial charge in [-0.2, -0.15) is 0 Å². The zero-order chi connectivity index (χ0) is 55.9. The third-order valence-electron chi connectivity index (χ3n) is 12.4. The van der Waals surface area contributed by atoms with Gasteiger partial charge in [0.05, 0.1) is 18.4 Å². The standard InChI is InChI=1S/C50H69N17O10/c1-28(68)61-34(16-9-19-57-49(51)52)42(70)67-40-24-41(69)56-18-8-7-15-36(48(76)77)63-45(73)38(22-30-25-59-33-14-6-5-13-32(30)33)65-43(71)35(17-10-20-58-50(53)54)62-44(72)37(21-29-11-3-2-4-12-29)64-46(74)39(66-47(40)75)23-31-26-55-27-60-31/h2-6,11-14,25-27,34-40,59H,7-10,15-24H2,1H3,(H,55,60)(H,56,69)(H,61,68)(H,62,72)(H,63,73)(H,64,74)(H,65,71)(H,66,75)(H,67,70)(H,76,77)(H4,51,52,57)(H4,53,54,58)/t34-,35-,36-,37+,38-,39-,40-/m0/s1. The third-order valence-corrected chi connectivity index (χ3v) is 12.4. The summed E-state index contributed by atoms with van der Waals surface area (Å²) in [6.07, 6.45) is 3.84. The smallest absolute Gasteiger partial charge is 0.326 e. The Morgan fingerprint density at radius 3 is 2.01 bits per heavy atom. The summed E-state index contributed by atoms with van der Waals surface area (Å²) in [5.41, 5.74) is 13.1. The summed E-state index contributed by atoms with van der Waals surface area (Å²) < 4.78 is 0. The molecular weight excluding hydrogens is 999 g/mol. The molecule has 8 amide bonds. The van der Waals surface area contributed by atoms with E-state index in [1.807, 2.05) is 18.2 Å². The number of carbonyl (C=O) groups excluding carboxylic acids is 8. The molecule has 7 atom stereocenters. The molecule has 2 aromatic carbocycles. The maximum Gasteiger partial charge on any atom is 0.326 e. The first-order chi connectivity index (χ1) is 36.9. The molecule has 0 aliphatic carbocycles. The maximum atomic E-state index is 14.7. The number of guanidine groups is 2. The van der Waals surface area contributed by atoms with E-state index < -0.39 is 102 Å². The fourth-order valence-electron chi connectivity index (χ4n) is 8.51. The highest BCUT2D eigenvalue weighted by Crippen LogP contribution is 2.20. The minimum absolute atomic E-state index is 0.0155. The Hall–Kier alpha value is -9.04. The van der Waals surface area contributed by atoms with Crippen LogP contribution in [0, 0.1) is 10.8 Å². The number of amides is 8. The summed E-state index contributed by atoms with van der Waals surface area (Å²) >= 11 is 0. The van der Waals surface area contributed by atoms with Crippen molar-refractivity contribution in [1.82, 2.24) is 68.1 Å². The Bertz CT molecular complexity index is 2700. The first kappa shape index (κ1) is 58.8. The Morgan fingerprint density at radius 2 is 1.35 bits per heavy atom. The average Bonchev–Trinajstić information content (AvgIpc) is 4.07. The van der Waals surface area contributed by atoms with Crippen LogP contribution in [0.2, 0.25) is 0 Å². The lowest BCUT2D eigenvalue weighted by Crippen LogP contribution is -2.61. The van der Waals surface area contributed by atoms with Crippen molar-refractivity contribution >= 4 is 76.0 Å². The van der Waals surface area contributed by atoms with Crippen LogP contribution < -0.4 is 64.6 Å². The van der Waals surface area contributed by atoms with Gasteiger partial charge in [-0.05, 0) is 62.1 Å². The number of carboxylic acid groups (broad SMARTS) is 1. The number of carboxylic acids is 1. The number of imidazole rings is 1. The van der Waals surface area contributed by atoms with Crippen LogP contribution in [0.15, 0.2) is 73.3 Å². The highest BCUT2D eigenvalue weighted by Gasteiger charge is 2.35. The number of hydrogen-bond donors (Lipinski definition) is 17. The van der Waals surface area contributed by atoms with Gasteiger partial charge in [0.1, 0.15) is 42.3 Å². The largest absolute Gasteiger partial charge is 0.480 e. The number of aromatic amines is 2. The van der Waals surface area contributed by atoms with E-state index >= 15 is 0 Å². The Balaban J connectivity index is 1.54. The van der Waals surface area contributed by atoms with Gasteiger partial charge in [-0.25, -0.2) is 9.78 Å². The van der Waals surface area contributed by atoms with Gasteiger partial charge in [0.2, 0.25) is 47.3 Å². The van der Waals surface area contributed by atoms with Crippen LogP contribution in [0.3, 0.4) is 0 Å². The molecule has 0 spiro atoms. The third kappa shape index (κ3) is 19.6. The van der Waals surface area contributed by atoms with Crippen molar-refractivity contribution in [1.29, 1.82) is 10.8 Å². The molecule has 0 bridgehead atoms. The number of nitrogens with zero attached hydrogens (tertiary/aromatic N) is 1. The topological polar surface area (TPSA) is 438 Å². The molecule has 1 saturated heterocycles. The van der Waals surface area contributed by atoms with E-state index in [9.17, 15) is 48.3 Å². The first-order valence-corrected chi connectivity index (χ1v) is 25.2. The predicted octanol–water partition coefficient (Wildman–Crippen LogP) is -2.37. The fourth-order valence-corrected chi connectivity index (χ4v) is 8.51. The van der Waals surface area contributed by atoms with Gasteiger partial charge < -0.3 is 79.7 Å². The summed E-state index contributed by atoms with van der Waals surface area (Å²) in [6, 6.07) is 5.70. The van der Waals surface area contributed by atoms with Gasteiger partial charge in [-0.1, -0.05) is 48.5 Å². The SMILES string of the molecule is CC(=O)N[C@@H](CCCNC(=N)N)C(=O)N[C@H]1CC(=O)NCCCC[C@@H](C(=O)O)NC(=O)[C@H](Cc2c[nH]c3ccccc23)NC(=O)[C@H](CCCNC(=N)N)NC(=O)[C@@H](Cc2ccccc2)NC(=O)[C@H](Cc2c[nH]cn2)NC1=O. The minimum Gasteiger partial charge on any atom is -0.480 e. The van der Waals surface area contributed by atoms with Gasteiger partial charge >= 0.3 is 5.97 Å². The normalized spacial score (nSPS) is 20.8. The molecule has 0 unspecified atom stereocenters. The van der Waals surface area contributed by atoms with E-state index in [0.717, 1.165) is 10.9 Å². The number of carbonyl (C=O) groups is 9. The summed E-state index contributed by atoms with van der Waals surface area (Å²) in [4.78, 5) is 135. The molecule has 1 aliphatic rings. The number of hydrogen-bond acceptors (Lipinski definition) is 12. The van der Waals surface area contributed by atoms with Gasteiger partial charge in [-0.15, -0.1) is 0 Å². The van der Waals surface area contributed by atoms with Crippen LogP contribution in [-0.2, 0) is 62.4 Å². The fraction of sp³-hybridized carbons (Fsp3) is 0.440. The van der Waals surface area contributed by atoms with Gasteiger partial charge in [0.25, 0.3) is 0 Å². The Morgan fingerprint density at radius 1 is 0.740 bits per heavy atom. The molecule has 19 N–H and O–H groups in total. The number of para-hydroxylation sites is 1. The quantitative estimate of drug-likeness (QED) is 0.0282. The lowest BCUT2D eigenvalue weighted by molar-refractivity contribution is -0.142. The van der Waals surface area contributed by atoms with Gasteiger partial charge in [-0.3, -0.25) is 49.2 Å². The molecule has 414 valence electrons. The lowest BCUT2D eigenvalue weighted by atomic mass is 10.0. The molecule has 0 saturated carbocycles. The minimum atomic E-state index is -1.67. The molecule has 5 rings (SSSR count). The molecule has 2 aromatic heterocycles. The summed E-state index contributed by atoms with van der Waals surface area (Å²) in [5, 5.41) is 52.4. The van der Waals surface area contributed by atoms with E-state index in [-0.39, 0.29) is 95.8 Å². The summed E-state index contributed by atoms with van der Waals surface area (Å²) in [6.45, 7) is 1.41. The number of benzene rings is 2. The summed E-state index contributed by atoms with van der Waals surface area (Å²) in [5.74, 6) is -8.67. The molecule has 0 radical (unpaired) electrons. The Labute approximate surface area is 443 Å². The van der Waals surface area contributed by atoms with E-state index in [1.54, 1.807) is 42.6 Å². The van der Waals surface area contributed by atoms with Crippen molar-refractivity contribution < 1.29 is 48.3 Å². The van der Waals surface area contributed by atoms with E-state index in [2.05, 4.69) is 68.1 Å². The average molecular weight is 1070 g/mol. The highest BCUT2D eigenvalue weighted by atomic mass is 16.4. The number of H-pyrrole nitrogens is 2. The zero-order valence-electron chi connectivity index (χ0n) is 42.6. The first-order valence-electron chi connectivity index (χ1n) is 25.2. The van der Waals surface area contributed by atoms with Crippen molar-refractivity contribution in [3.63, 3.8) is 0 Å². The number of nitrogens with one attached hydrogen (secondary N) is 14. The van der Waals surface area contributed by atoms with Crippen molar-refractivity contribution in [3.8, 4) is 0 Å². The van der Waals surface area contributed by atoms with E-state index in [0.29, 0.717) is 16.8 Å². The van der Waals surface area contributed by atoms with Crippen molar-refractivity contribution in [2.24, 2.45) is 11.5 Å². The van der Waals surface area contributed by atoms with Crippen molar-refractivity contribution in [2.75, 3.05) is 19.6 Å². The number of rotatable bonds is 18. The number of aliphatic carboxylic acids is 1. The van der Waals surface area contributed by atoms with Gasteiger partial charge in [0, 0.05) is 69.1 Å². The molecule has 1 fully saturated rings. The predicted molar refractivity (Wildman–Crippen MR) is 281 cm³/mol. The molecule has 77 heavy (non-hydrogen) atoms. The monoisotopic (exact) mass is 1070 g/mol. The van der Waals surface area contributed by atoms with E-state index in [4.69, 9.17) is 22.3 Å². The molecule has 27 heteroatoms. The van der Waals surface area contributed by atoms with Crippen molar-refractivity contribution in [2.45, 2.75) is 120 Å². The molecule has 27 nitrogen and oxygen atoms in total.